The van der Waals surface area contributed by atoms with E-state index in [1.165, 1.54) is 0 Å². The van der Waals surface area contributed by atoms with Crippen LogP contribution < -0.4 is 10.0 Å². The van der Waals surface area contributed by atoms with E-state index < -0.39 is 10.0 Å². The Kier molecular flexibility index (Phi) is 6.39. The largest absolute Gasteiger partial charge is 0.351 e. The minimum atomic E-state index is -3.33. The minimum Gasteiger partial charge on any atom is -0.351 e. The highest BCUT2D eigenvalue weighted by Gasteiger charge is 2.13. The molecule has 2 rings (SSSR count). The number of nitrogens with one attached hydrogen (secondary N) is 2. The van der Waals surface area contributed by atoms with Gasteiger partial charge in [-0.05, 0) is 35.1 Å². The molecule has 0 radical (unpaired) electrons. The first-order chi connectivity index (χ1) is 11.3. The molecule has 0 aliphatic carbocycles. The second-order valence-electron chi connectivity index (χ2n) is 6.01. The van der Waals surface area contributed by atoms with Gasteiger partial charge in [0.25, 0.3) is 0 Å². The second-order valence-corrected chi connectivity index (χ2v) is 8.81. The lowest BCUT2D eigenvalue weighted by molar-refractivity contribution is -0.120. The van der Waals surface area contributed by atoms with Crippen LogP contribution in [0.25, 0.3) is 0 Å². The van der Waals surface area contributed by atoms with E-state index in [-0.39, 0.29) is 24.0 Å². The molecule has 1 heterocycles. The number of thiophene rings is 1. The van der Waals surface area contributed by atoms with Gasteiger partial charge in [0.05, 0.1) is 18.7 Å². The second kappa shape index (κ2) is 8.30. The zero-order valence-corrected chi connectivity index (χ0v) is 15.4. The number of carbonyl (C=O) groups is 1. The van der Waals surface area contributed by atoms with Gasteiger partial charge in [0.1, 0.15) is 0 Å². The van der Waals surface area contributed by atoms with Gasteiger partial charge >= 0.3 is 0 Å². The van der Waals surface area contributed by atoms with Crippen molar-refractivity contribution in [3.63, 3.8) is 0 Å². The van der Waals surface area contributed by atoms with Crippen LogP contribution in [-0.2, 0) is 27.8 Å². The first kappa shape index (κ1) is 18.5. The summed E-state index contributed by atoms with van der Waals surface area (Å²) in [6.07, 6.45) is 0.268. The molecule has 0 unspecified atom stereocenters. The van der Waals surface area contributed by atoms with Crippen molar-refractivity contribution in [3.8, 4) is 0 Å². The molecule has 0 aliphatic rings. The summed E-state index contributed by atoms with van der Waals surface area (Å²) in [6, 6.07) is 10.8. The molecular formula is C17H22N2O3S2. The Morgan fingerprint density at radius 3 is 2.46 bits per heavy atom. The molecule has 0 aliphatic heterocycles. The van der Waals surface area contributed by atoms with E-state index in [9.17, 15) is 13.2 Å². The van der Waals surface area contributed by atoms with E-state index in [1.54, 1.807) is 35.6 Å². The van der Waals surface area contributed by atoms with Crippen LogP contribution in [0.15, 0.2) is 41.8 Å². The van der Waals surface area contributed by atoms with Crippen LogP contribution in [0.4, 0.5) is 5.69 Å². The third-order valence-electron chi connectivity index (χ3n) is 3.18. The summed E-state index contributed by atoms with van der Waals surface area (Å²) in [5, 5.41) is 4.84. The number of rotatable bonds is 8. The van der Waals surface area contributed by atoms with Gasteiger partial charge in [0, 0.05) is 10.6 Å². The first-order valence-electron chi connectivity index (χ1n) is 7.72. The fraction of sp³-hybridized carbons (Fsp3) is 0.353. The van der Waals surface area contributed by atoms with Gasteiger partial charge in [-0.25, -0.2) is 8.42 Å². The van der Waals surface area contributed by atoms with E-state index in [0.717, 1.165) is 10.4 Å². The summed E-state index contributed by atoms with van der Waals surface area (Å²) in [7, 11) is -3.33. The predicted octanol–water partition coefficient (Wildman–Crippen LogP) is 3.00. The molecule has 2 aromatic rings. The van der Waals surface area contributed by atoms with E-state index >= 15 is 0 Å². The van der Waals surface area contributed by atoms with Crippen molar-refractivity contribution >= 4 is 33.0 Å². The van der Waals surface area contributed by atoms with Crippen LogP contribution >= 0.6 is 11.3 Å². The monoisotopic (exact) mass is 366 g/mol. The first-order valence-corrected chi connectivity index (χ1v) is 10.3. The van der Waals surface area contributed by atoms with Crippen LogP contribution in [0.1, 0.15) is 24.3 Å². The van der Waals surface area contributed by atoms with Gasteiger partial charge in [0.2, 0.25) is 15.9 Å². The molecule has 0 spiro atoms. The third kappa shape index (κ3) is 6.33. The van der Waals surface area contributed by atoms with Gasteiger partial charge in [-0.3, -0.25) is 9.52 Å². The van der Waals surface area contributed by atoms with Gasteiger partial charge in [-0.1, -0.05) is 32.0 Å². The molecule has 0 atom stereocenters. The highest BCUT2D eigenvalue weighted by Crippen LogP contribution is 2.13. The summed E-state index contributed by atoms with van der Waals surface area (Å²) in [5.74, 6) is 0.0882. The minimum absolute atomic E-state index is 0.0588. The maximum Gasteiger partial charge on any atom is 0.232 e. The van der Waals surface area contributed by atoms with E-state index in [0.29, 0.717) is 12.2 Å². The lowest BCUT2D eigenvalue weighted by atomic mass is 10.1. The van der Waals surface area contributed by atoms with Crippen molar-refractivity contribution in [2.24, 2.45) is 5.92 Å². The molecule has 0 bridgehead atoms. The highest BCUT2D eigenvalue weighted by molar-refractivity contribution is 7.92. The van der Waals surface area contributed by atoms with Crippen molar-refractivity contribution < 1.29 is 13.2 Å². The van der Waals surface area contributed by atoms with Crippen molar-refractivity contribution in [1.82, 2.24) is 5.32 Å². The van der Waals surface area contributed by atoms with E-state index in [1.807, 2.05) is 31.4 Å². The van der Waals surface area contributed by atoms with E-state index in [4.69, 9.17) is 0 Å². The molecule has 5 nitrogen and oxygen atoms in total. The normalized spacial score (nSPS) is 11.5. The fourth-order valence-corrected chi connectivity index (χ4v) is 4.30. The molecule has 1 amide bonds. The molecule has 0 saturated carbocycles. The maximum absolute atomic E-state index is 11.9. The van der Waals surface area contributed by atoms with Crippen LogP contribution in [0.3, 0.4) is 0 Å². The smallest absolute Gasteiger partial charge is 0.232 e. The fourth-order valence-electron chi connectivity index (χ4n) is 2.20. The molecule has 0 fully saturated rings. The number of anilines is 1. The Morgan fingerprint density at radius 2 is 1.88 bits per heavy atom. The van der Waals surface area contributed by atoms with Gasteiger partial charge in [0.15, 0.2) is 0 Å². The SMILES string of the molecule is CC(C)CS(=O)(=O)Nc1ccc(CC(=O)NCc2cccs2)cc1. The summed E-state index contributed by atoms with van der Waals surface area (Å²) >= 11 is 1.60. The zero-order valence-electron chi connectivity index (χ0n) is 13.8. The van der Waals surface area contributed by atoms with Crippen LogP contribution in [-0.4, -0.2) is 20.1 Å². The number of hydrogen-bond acceptors (Lipinski definition) is 4. The Hall–Kier alpha value is -1.86. The Balaban J connectivity index is 1.86. The molecule has 24 heavy (non-hydrogen) atoms. The number of benzene rings is 1. The average Bonchev–Trinajstić information content (AvgIpc) is 2.99. The Labute approximate surface area is 147 Å². The summed E-state index contributed by atoms with van der Waals surface area (Å²) in [6.45, 7) is 4.25. The number of carbonyl (C=O) groups excluding carboxylic acids is 1. The molecule has 2 N–H and O–H groups in total. The predicted molar refractivity (Wildman–Crippen MR) is 98.6 cm³/mol. The van der Waals surface area contributed by atoms with Gasteiger partial charge in [-0.15, -0.1) is 11.3 Å². The molecular weight excluding hydrogens is 344 g/mol. The van der Waals surface area contributed by atoms with Gasteiger partial charge < -0.3 is 5.32 Å². The summed E-state index contributed by atoms with van der Waals surface area (Å²) < 4.78 is 26.3. The van der Waals surface area contributed by atoms with Crippen LogP contribution in [0.5, 0.6) is 0 Å². The average molecular weight is 367 g/mol. The number of amides is 1. The lowest BCUT2D eigenvalue weighted by Crippen LogP contribution is -2.24. The zero-order chi connectivity index (χ0) is 17.6. The maximum atomic E-state index is 11.9. The Morgan fingerprint density at radius 1 is 1.17 bits per heavy atom. The quantitative estimate of drug-likeness (QED) is 0.754. The standard InChI is InChI=1S/C17H22N2O3S2/c1-13(2)12-24(21,22)19-15-7-5-14(6-8-15)10-17(20)18-11-16-4-3-9-23-16/h3-9,13,19H,10-12H2,1-2H3,(H,18,20). The highest BCUT2D eigenvalue weighted by atomic mass is 32.2. The van der Waals surface area contributed by atoms with Crippen molar-refractivity contribution in [2.75, 3.05) is 10.5 Å². The number of hydrogen-bond donors (Lipinski definition) is 2. The lowest BCUT2D eigenvalue weighted by Gasteiger charge is -2.10. The summed E-state index contributed by atoms with van der Waals surface area (Å²) in [4.78, 5) is 13.0. The summed E-state index contributed by atoms with van der Waals surface area (Å²) in [5.41, 5.74) is 1.35. The molecule has 7 heteroatoms. The topological polar surface area (TPSA) is 75.3 Å². The third-order valence-corrected chi connectivity index (χ3v) is 5.71. The molecule has 1 aromatic heterocycles. The van der Waals surface area contributed by atoms with Crippen molar-refractivity contribution in [1.29, 1.82) is 0 Å². The number of sulfonamides is 1. The Bertz CT molecular complexity index is 752. The van der Waals surface area contributed by atoms with Crippen LogP contribution in [0, 0.1) is 5.92 Å². The van der Waals surface area contributed by atoms with Gasteiger partial charge in [-0.2, -0.15) is 0 Å². The molecule has 0 saturated heterocycles. The van der Waals surface area contributed by atoms with Crippen molar-refractivity contribution in [2.45, 2.75) is 26.8 Å². The molecule has 130 valence electrons. The van der Waals surface area contributed by atoms with Crippen molar-refractivity contribution in [3.05, 3.63) is 52.2 Å². The molecule has 1 aromatic carbocycles. The van der Waals surface area contributed by atoms with Crippen LogP contribution in [0.2, 0.25) is 0 Å². The van der Waals surface area contributed by atoms with E-state index in [2.05, 4.69) is 10.0 Å².